The Labute approximate surface area is 113 Å². The molecule has 0 spiro atoms. The molecular formula is C13H23N5O. The summed E-state index contributed by atoms with van der Waals surface area (Å²) in [5, 5.41) is 16.0. The molecule has 0 amide bonds. The molecule has 3 N–H and O–H groups in total. The maximum atomic E-state index is 8.74. The predicted octanol–water partition coefficient (Wildman–Crippen LogP) is 0.954. The highest BCUT2D eigenvalue weighted by Crippen LogP contribution is 2.23. The zero-order chi connectivity index (χ0) is 13.7. The van der Waals surface area contributed by atoms with Crippen LogP contribution in [-0.4, -0.2) is 44.9 Å². The fraction of sp³-hybridized carbons (Fsp3) is 0.692. The molecule has 1 aromatic heterocycles. The van der Waals surface area contributed by atoms with Crippen molar-refractivity contribution in [3.05, 3.63) is 18.0 Å². The van der Waals surface area contributed by atoms with Crippen LogP contribution in [0.15, 0.2) is 17.5 Å². The van der Waals surface area contributed by atoms with Gasteiger partial charge in [0, 0.05) is 25.8 Å². The van der Waals surface area contributed by atoms with Gasteiger partial charge in [0.05, 0.1) is 12.7 Å². The summed E-state index contributed by atoms with van der Waals surface area (Å²) in [6, 6.07) is 0.567. The third-order valence-electron chi connectivity index (χ3n) is 3.78. The molecule has 0 saturated heterocycles. The standard InChI is InChI=1S/C13H23N5O/c1-17-9-11(8-15-17)6-7-18(10-13(14)16-19)12-4-2-3-5-12/h8-9,12,19H,2-7,10H2,1H3,(H2,14,16). The van der Waals surface area contributed by atoms with Gasteiger partial charge in [-0.1, -0.05) is 18.0 Å². The predicted molar refractivity (Wildman–Crippen MR) is 74.1 cm³/mol. The summed E-state index contributed by atoms with van der Waals surface area (Å²) in [4.78, 5) is 2.33. The maximum absolute atomic E-state index is 8.74. The number of amidine groups is 1. The lowest BCUT2D eigenvalue weighted by molar-refractivity contribution is 0.225. The number of hydrogen-bond donors (Lipinski definition) is 2. The third kappa shape index (κ3) is 3.96. The van der Waals surface area contributed by atoms with Gasteiger partial charge in [-0.25, -0.2) is 0 Å². The molecule has 1 aliphatic rings. The highest BCUT2D eigenvalue weighted by atomic mass is 16.4. The van der Waals surface area contributed by atoms with Crippen molar-refractivity contribution in [3.8, 4) is 0 Å². The van der Waals surface area contributed by atoms with Crippen molar-refractivity contribution in [1.29, 1.82) is 0 Å². The summed E-state index contributed by atoms with van der Waals surface area (Å²) in [6.07, 6.45) is 9.88. The number of aromatic nitrogens is 2. The number of hydrogen-bond acceptors (Lipinski definition) is 4. The Morgan fingerprint density at radius 3 is 2.89 bits per heavy atom. The lowest BCUT2D eigenvalue weighted by Gasteiger charge is -2.27. The van der Waals surface area contributed by atoms with E-state index in [2.05, 4.69) is 15.2 Å². The van der Waals surface area contributed by atoms with Crippen molar-refractivity contribution < 1.29 is 5.21 Å². The molecule has 0 bridgehead atoms. The zero-order valence-electron chi connectivity index (χ0n) is 11.5. The van der Waals surface area contributed by atoms with Crippen LogP contribution in [0.1, 0.15) is 31.2 Å². The van der Waals surface area contributed by atoms with Crippen molar-refractivity contribution in [1.82, 2.24) is 14.7 Å². The average molecular weight is 265 g/mol. The Hall–Kier alpha value is -1.56. The second kappa shape index (κ2) is 6.56. The van der Waals surface area contributed by atoms with E-state index in [1.165, 1.54) is 31.2 Å². The Kier molecular flexibility index (Phi) is 4.79. The summed E-state index contributed by atoms with van der Waals surface area (Å²) in [5.74, 6) is 0.290. The summed E-state index contributed by atoms with van der Waals surface area (Å²) >= 11 is 0. The second-order valence-corrected chi connectivity index (χ2v) is 5.27. The van der Waals surface area contributed by atoms with Gasteiger partial charge in [-0.15, -0.1) is 0 Å². The summed E-state index contributed by atoms with van der Waals surface area (Å²) in [6.45, 7) is 1.47. The van der Waals surface area contributed by atoms with Gasteiger partial charge in [0.2, 0.25) is 0 Å². The molecule has 1 heterocycles. The van der Waals surface area contributed by atoms with E-state index >= 15 is 0 Å². The Bertz CT molecular complexity index is 422. The molecule has 0 aliphatic heterocycles. The van der Waals surface area contributed by atoms with Gasteiger partial charge in [0.25, 0.3) is 0 Å². The van der Waals surface area contributed by atoms with Gasteiger partial charge in [0.15, 0.2) is 5.84 Å². The van der Waals surface area contributed by atoms with Crippen molar-refractivity contribution in [2.75, 3.05) is 13.1 Å². The van der Waals surface area contributed by atoms with Crippen LogP contribution in [0.4, 0.5) is 0 Å². The molecule has 0 unspecified atom stereocenters. The number of oxime groups is 1. The first-order valence-corrected chi connectivity index (χ1v) is 6.87. The number of nitrogens with two attached hydrogens (primary N) is 1. The van der Waals surface area contributed by atoms with Gasteiger partial charge in [-0.3, -0.25) is 9.58 Å². The maximum Gasteiger partial charge on any atom is 0.153 e. The van der Waals surface area contributed by atoms with Crippen molar-refractivity contribution in [2.45, 2.75) is 38.1 Å². The first-order chi connectivity index (χ1) is 9.19. The lowest BCUT2D eigenvalue weighted by Crippen LogP contribution is -2.41. The van der Waals surface area contributed by atoms with Gasteiger partial charge in [-0.05, 0) is 24.8 Å². The zero-order valence-corrected chi connectivity index (χ0v) is 11.5. The monoisotopic (exact) mass is 265 g/mol. The minimum atomic E-state index is 0.290. The molecule has 1 fully saturated rings. The Morgan fingerprint density at radius 1 is 1.58 bits per heavy atom. The van der Waals surface area contributed by atoms with Crippen LogP contribution in [-0.2, 0) is 13.5 Å². The van der Waals surface area contributed by atoms with Crippen LogP contribution in [0.5, 0.6) is 0 Å². The van der Waals surface area contributed by atoms with Gasteiger partial charge < -0.3 is 10.9 Å². The molecule has 0 aromatic carbocycles. The highest BCUT2D eigenvalue weighted by Gasteiger charge is 2.23. The summed E-state index contributed by atoms with van der Waals surface area (Å²) < 4.78 is 1.82. The number of aryl methyl sites for hydroxylation is 1. The number of nitrogens with zero attached hydrogens (tertiary/aromatic N) is 4. The summed E-state index contributed by atoms with van der Waals surface area (Å²) in [5.41, 5.74) is 6.88. The van der Waals surface area contributed by atoms with E-state index in [0.29, 0.717) is 12.6 Å². The molecule has 2 rings (SSSR count). The van der Waals surface area contributed by atoms with E-state index in [1.54, 1.807) is 0 Å². The van der Waals surface area contributed by atoms with E-state index in [0.717, 1.165) is 13.0 Å². The van der Waals surface area contributed by atoms with E-state index in [4.69, 9.17) is 10.9 Å². The molecule has 1 saturated carbocycles. The first-order valence-electron chi connectivity index (χ1n) is 6.87. The quantitative estimate of drug-likeness (QED) is 0.347. The van der Waals surface area contributed by atoms with Crippen LogP contribution in [0.3, 0.4) is 0 Å². The smallest absolute Gasteiger partial charge is 0.153 e. The average Bonchev–Trinajstić information content (AvgIpc) is 3.05. The molecule has 6 heteroatoms. The van der Waals surface area contributed by atoms with E-state index in [1.807, 2.05) is 24.1 Å². The van der Waals surface area contributed by atoms with Crippen LogP contribution in [0, 0.1) is 0 Å². The minimum Gasteiger partial charge on any atom is -0.409 e. The lowest BCUT2D eigenvalue weighted by atomic mass is 10.1. The molecule has 1 aromatic rings. The van der Waals surface area contributed by atoms with Gasteiger partial charge >= 0.3 is 0 Å². The fourth-order valence-electron chi connectivity index (χ4n) is 2.77. The molecule has 1 aliphatic carbocycles. The topological polar surface area (TPSA) is 79.7 Å². The molecule has 19 heavy (non-hydrogen) atoms. The van der Waals surface area contributed by atoms with Crippen molar-refractivity contribution >= 4 is 5.84 Å². The van der Waals surface area contributed by atoms with E-state index < -0.39 is 0 Å². The minimum absolute atomic E-state index is 0.290. The van der Waals surface area contributed by atoms with Gasteiger partial charge in [-0.2, -0.15) is 5.10 Å². The molecule has 0 atom stereocenters. The third-order valence-corrected chi connectivity index (χ3v) is 3.78. The Balaban J connectivity index is 1.92. The van der Waals surface area contributed by atoms with Crippen LogP contribution >= 0.6 is 0 Å². The molecule has 6 nitrogen and oxygen atoms in total. The fourth-order valence-corrected chi connectivity index (χ4v) is 2.77. The molecular weight excluding hydrogens is 242 g/mol. The van der Waals surface area contributed by atoms with E-state index in [-0.39, 0.29) is 5.84 Å². The van der Waals surface area contributed by atoms with Crippen LogP contribution in [0.25, 0.3) is 0 Å². The second-order valence-electron chi connectivity index (χ2n) is 5.27. The molecule has 0 radical (unpaired) electrons. The van der Waals surface area contributed by atoms with Crippen molar-refractivity contribution in [2.24, 2.45) is 17.9 Å². The summed E-state index contributed by atoms with van der Waals surface area (Å²) in [7, 11) is 1.93. The first kappa shape index (κ1) is 13.9. The SMILES string of the molecule is Cn1cc(CCN(C/C(N)=N/O)C2CCCC2)cn1. The van der Waals surface area contributed by atoms with E-state index in [9.17, 15) is 0 Å². The van der Waals surface area contributed by atoms with Crippen LogP contribution in [0.2, 0.25) is 0 Å². The number of rotatable bonds is 6. The Morgan fingerprint density at radius 2 is 2.32 bits per heavy atom. The van der Waals surface area contributed by atoms with Gasteiger partial charge in [0.1, 0.15) is 0 Å². The van der Waals surface area contributed by atoms with Crippen molar-refractivity contribution in [3.63, 3.8) is 0 Å². The molecule has 106 valence electrons. The normalized spacial score (nSPS) is 17.5. The highest BCUT2D eigenvalue weighted by molar-refractivity contribution is 5.81. The van der Waals surface area contributed by atoms with Crippen LogP contribution < -0.4 is 5.73 Å². The largest absolute Gasteiger partial charge is 0.409 e.